The van der Waals surface area contributed by atoms with Crippen LogP contribution in [0, 0.1) is 5.82 Å². The molecule has 2 nitrogen and oxygen atoms in total. The Bertz CT molecular complexity index is 656. The maximum atomic E-state index is 13.6. The highest BCUT2D eigenvalue weighted by molar-refractivity contribution is 6.36. The van der Waals surface area contributed by atoms with Gasteiger partial charge in [-0.2, -0.15) is 0 Å². The van der Waals surface area contributed by atoms with Crippen LogP contribution in [0.5, 0.6) is 5.75 Å². The van der Waals surface area contributed by atoms with Gasteiger partial charge in [0.1, 0.15) is 0 Å². The number of hydrogen-bond donors (Lipinski definition) is 0. The molecule has 2 aromatic carbocycles. The quantitative estimate of drug-likeness (QED) is 0.773. The summed E-state index contributed by atoms with van der Waals surface area (Å²) >= 11 is 11.7. The van der Waals surface area contributed by atoms with E-state index in [2.05, 4.69) is 0 Å². The Morgan fingerprint density at radius 1 is 1.20 bits per heavy atom. The topological polar surface area (TPSA) is 26.3 Å². The monoisotopic (exact) mass is 312 g/mol. The van der Waals surface area contributed by atoms with Crippen LogP contribution >= 0.6 is 23.2 Å². The summed E-state index contributed by atoms with van der Waals surface area (Å²) in [6, 6.07) is 9.07. The summed E-state index contributed by atoms with van der Waals surface area (Å²) in [6.07, 6.45) is 0.0578. The fraction of sp³-hybridized carbons (Fsp3) is 0.133. The zero-order valence-electron chi connectivity index (χ0n) is 10.6. The van der Waals surface area contributed by atoms with E-state index in [0.29, 0.717) is 16.1 Å². The van der Waals surface area contributed by atoms with Gasteiger partial charge in [-0.05, 0) is 35.9 Å². The maximum absolute atomic E-state index is 13.6. The number of halogens is 3. The van der Waals surface area contributed by atoms with Crippen LogP contribution in [0.25, 0.3) is 0 Å². The largest absolute Gasteiger partial charge is 0.494 e. The molecule has 0 bridgehead atoms. The van der Waals surface area contributed by atoms with Crippen molar-refractivity contribution in [3.63, 3.8) is 0 Å². The van der Waals surface area contributed by atoms with Crippen molar-refractivity contribution in [1.82, 2.24) is 0 Å². The first-order chi connectivity index (χ1) is 9.51. The second-order valence-electron chi connectivity index (χ2n) is 4.19. The van der Waals surface area contributed by atoms with Gasteiger partial charge in [-0.15, -0.1) is 0 Å². The molecule has 5 heteroatoms. The molecular formula is C15H11Cl2FO2. The van der Waals surface area contributed by atoms with Gasteiger partial charge in [0.05, 0.1) is 12.1 Å². The molecule has 0 fully saturated rings. The standard InChI is InChI=1S/C15H11Cl2FO2/c1-20-15-5-2-9(6-13(15)18)7-14(19)11-4-3-10(16)8-12(11)17/h2-6,8H,7H2,1H3. The molecule has 0 heterocycles. The summed E-state index contributed by atoms with van der Waals surface area (Å²) in [6.45, 7) is 0. The van der Waals surface area contributed by atoms with E-state index in [-0.39, 0.29) is 23.0 Å². The average Bonchev–Trinajstić information content (AvgIpc) is 2.38. The van der Waals surface area contributed by atoms with Crippen molar-refractivity contribution >= 4 is 29.0 Å². The first kappa shape index (κ1) is 14.8. The summed E-state index contributed by atoms with van der Waals surface area (Å²) < 4.78 is 18.4. The smallest absolute Gasteiger partial charge is 0.168 e. The highest BCUT2D eigenvalue weighted by Gasteiger charge is 2.13. The van der Waals surface area contributed by atoms with Gasteiger partial charge < -0.3 is 4.74 Å². The lowest BCUT2D eigenvalue weighted by Gasteiger charge is -2.06. The van der Waals surface area contributed by atoms with Crippen molar-refractivity contribution in [2.75, 3.05) is 7.11 Å². The molecule has 2 rings (SSSR count). The zero-order chi connectivity index (χ0) is 14.7. The molecule has 0 unspecified atom stereocenters. The van der Waals surface area contributed by atoms with Crippen molar-refractivity contribution in [2.45, 2.75) is 6.42 Å². The molecular weight excluding hydrogens is 302 g/mol. The van der Waals surface area contributed by atoms with Gasteiger partial charge in [0.2, 0.25) is 0 Å². The Kier molecular flexibility index (Phi) is 4.63. The normalized spacial score (nSPS) is 10.4. The highest BCUT2D eigenvalue weighted by atomic mass is 35.5. The molecule has 0 radical (unpaired) electrons. The lowest BCUT2D eigenvalue weighted by molar-refractivity contribution is 0.0993. The fourth-order valence-electron chi connectivity index (χ4n) is 1.82. The fourth-order valence-corrected chi connectivity index (χ4v) is 2.33. The molecule has 0 spiro atoms. The van der Waals surface area contributed by atoms with Crippen molar-refractivity contribution in [3.05, 3.63) is 63.4 Å². The minimum atomic E-state index is -0.500. The molecule has 104 valence electrons. The van der Waals surface area contributed by atoms with E-state index in [4.69, 9.17) is 27.9 Å². The first-order valence-electron chi connectivity index (χ1n) is 5.82. The summed E-state index contributed by atoms with van der Waals surface area (Å²) in [7, 11) is 1.39. The molecule has 0 aliphatic rings. The van der Waals surface area contributed by atoms with E-state index in [0.717, 1.165) is 0 Å². The predicted molar refractivity (Wildman–Crippen MR) is 77.4 cm³/mol. The zero-order valence-corrected chi connectivity index (χ0v) is 12.1. The summed E-state index contributed by atoms with van der Waals surface area (Å²) in [5, 5.41) is 0.749. The lowest BCUT2D eigenvalue weighted by atomic mass is 10.0. The predicted octanol–water partition coefficient (Wildman–Crippen LogP) is 4.57. The van der Waals surface area contributed by atoms with E-state index in [1.807, 2.05) is 0 Å². The minimum Gasteiger partial charge on any atom is -0.494 e. The summed E-state index contributed by atoms with van der Waals surface area (Å²) in [5.41, 5.74) is 0.923. The SMILES string of the molecule is COc1ccc(CC(=O)c2ccc(Cl)cc2Cl)cc1F. The van der Waals surface area contributed by atoms with E-state index in [9.17, 15) is 9.18 Å². The van der Waals surface area contributed by atoms with Gasteiger partial charge in [-0.25, -0.2) is 4.39 Å². The van der Waals surface area contributed by atoms with E-state index in [1.54, 1.807) is 18.2 Å². The van der Waals surface area contributed by atoms with Crippen LogP contribution in [0.15, 0.2) is 36.4 Å². The summed E-state index contributed by atoms with van der Waals surface area (Å²) in [5.74, 6) is -0.554. The second kappa shape index (κ2) is 6.25. The number of carbonyl (C=O) groups is 1. The number of ether oxygens (including phenoxy) is 1. The molecule has 0 N–H and O–H groups in total. The van der Waals surface area contributed by atoms with Crippen molar-refractivity contribution in [3.8, 4) is 5.75 Å². The lowest BCUT2D eigenvalue weighted by Crippen LogP contribution is -2.05. The Labute approximate surface area is 126 Å². The van der Waals surface area contributed by atoms with Crippen LogP contribution in [-0.2, 0) is 6.42 Å². The number of Topliss-reactive ketones (excluding diaryl/α,β-unsaturated/α-hetero) is 1. The Balaban J connectivity index is 2.21. The van der Waals surface area contributed by atoms with Crippen molar-refractivity contribution < 1.29 is 13.9 Å². The van der Waals surface area contributed by atoms with Crippen molar-refractivity contribution in [1.29, 1.82) is 0 Å². The number of rotatable bonds is 4. The highest BCUT2D eigenvalue weighted by Crippen LogP contribution is 2.23. The number of benzene rings is 2. The van der Waals surface area contributed by atoms with Crippen LogP contribution in [0.3, 0.4) is 0 Å². The molecule has 0 aliphatic heterocycles. The van der Waals surface area contributed by atoms with Gasteiger partial charge in [-0.3, -0.25) is 4.79 Å². The van der Waals surface area contributed by atoms with E-state index in [1.165, 1.54) is 25.3 Å². The van der Waals surface area contributed by atoms with Crippen LogP contribution in [-0.4, -0.2) is 12.9 Å². The Morgan fingerprint density at radius 3 is 2.55 bits per heavy atom. The van der Waals surface area contributed by atoms with Gasteiger partial charge in [0, 0.05) is 17.0 Å². The Hall–Kier alpha value is -1.58. The van der Waals surface area contributed by atoms with Gasteiger partial charge in [-0.1, -0.05) is 29.3 Å². The third-order valence-corrected chi connectivity index (χ3v) is 3.36. The average molecular weight is 313 g/mol. The summed E-state index contributed by atoms with van der Waals surface area (Å²) in [4.78, 5) is 12.1. The van der Waals surface area contributed by atoms with Crippen LogP contribution < -0.4 is 4.74 Å². The van der Waals surface area contributed by atoms with Crippen molar-refractivity contribution in [2.24, 2.45) is 0 Å². The number of hydrogen-bond acceptors (Lipinski definition) is 2. The van der Waals surface area contributed by atoms with Gasteiger partial charge in [0.15, 0.2) is 17.3 Å². The van der Waals surface area contributed by atoms with Crippen LogP contribution in [0.1, 0.15) is 15.9 Å². The molecule has 2 aromatic rings. The number of ketones is 1. The third-order valence-electron chi connectivity index (χ3n) is 2.81. The van der Waals surface area contributed by atoms with Crippen LogP contribution in [0.2, 0.25) is 10.0 Å². The first-order valence-corrected chi connectivity index (χ1v) is 6.57. The molecule has 0 amide bonds. The minimum absolute atomic E-state index is 0.0578. The Morgan fingerprint density at radius 2 is 1.95 bits per heavy atom. The van der Waals surface area contributed by atoms with Gasteiger partial charge in [0.25, 0.3) is 0 Å². The molecule has 0 atom stereocenters. The maximum Gasteiger partial charge on any atom is 0.168 e. The molecule has 20 heavy (non-hydrogen) atoms. The van der Waals surface area contributed by atoms with E-state index >= 15 is 0 Å². The molecule has 0 saturated carbocycles. The van der Waals surface area contributed by atoms with Gasteiger partial charge >= 0.3 is 0 Å². The van der Waals surface area contributed by atoms with E-state index < -0.39 is 5.82 Å². The second-order valence-corrected chi connectivity index (χ2v) is 5.04. The molecule has 0 saturated heterocycles. The molecule has 0 aromatic heterocycles. The number of methoxy groups -OCH3 is 1. The molecule has 0 aliphatic carbocycles. The third kappa shape index (κ3) is 3.30. The van der Waals surface area contributed by atoms with Crippen LogP contribution in [0.4, 0.5) is 4.39 Å². The number of carbonyl (C=O) groups excluding carboxylic acids is 1.